The van der Waals surface area contributed by atoms with Gasteiger partial charge in [0.25, 0.3) is 0 Å². The van der Waals surface area contributed by atoms with Crippen molar-refractivity contribution >= 4 is 61.4 Å². The molecule has 0 spiro atoms. The van der Waals surface area contributed by atoms with E-state index in [2.05, 4.69) is 292 Å². The number of nitrogens with zero attached hydrogens (tertiary/aromatic N) is 2. The van der Waals surface area contributed by atoms with Crippen LogP contribution in [0.25, 0.3) is 77.2 Å². The van der Waals surface area contributed by atoms with Crippen LogP contribution in [0.4, 0.5) is 39.8 Å². The van der Waals surface area contributed by atoms with E-state index in [0.717, 1.165) is 46.2 Å². The molecule has 0 saturated heterocycles. The fraction of sp³-hybridized carbons (Fsp3) is 0.209. The maximum absolute atomic E-state index is 6.28. The Morgan fingerprint density at radius 1 is 0.315 bits per heavy atom. The molecule has 3 nitrogen and oxygen atoms in total. The monoisotopic (exact) mass is 1160 g/mol. The maximum atomic E-state index is 6.28. The number of benzene rings is 12. The molecule has 12 aromatic rings. The lowest BCUT2D eigenvalue weighted by atomic mass is 9.85. The molecule has 1 atom stereocenters. The number of nitrogen functional groups attached to an aromatic ring is 1. The van der Waals surface area contributed by atoms with Crippen molar-refractivity contribution in [3.63, 3.8) is 0 Å². The Morgan fingerprint density at radius 3 is 1.27 bits per heavy atom. The van der Waals surface area contributed by atoms with Gasteiger partial charge in [-0.3, -0.25) is 0 Å². The van der Waals surface area contributed by atoms with Gasteiger partial charge in [-0.25, -0.2) is 0 Å². The minimum Gasteiger partial charge on any atom is -0.399 e. The third-order valence-electron chi connectivity index (χ3n) is 18.3. The van der Waals surface area contributed by atoms with E-state index in [4.69, 9.17) is 5.73 Å². The SMILES string of the molecule is CCCCCCCCc1cc(-c2ccc(N(c3ccc(N)cc3)c3ccc(-c4ccccc4)cc3)cc2)c2cccc(-c3ccc(-c4ccc(N(c5ccc(C)cc5)c5ccc(-c6ccccc6)cc5)cc4)c4ccc(C(C)CCCCCCC)cc34)c2c1. The van der Waals surface area contributed by atoms with Gasteiger partial charge >= 0.3 is 0 Å². The number of unbranched alkanes of at least 4 members (excludes halogenated alkanes) is 9. The van der Waals surface area contributed by atoms with E-state index < -0.39 is 0 Å². The molecule has 12 rings (SSSR count). The summed E-state index contributed by atoms with van der Waals surface area (Å²) in [6, 6.07) is 99.1. The number of nitrogens with two attached hydrogens (primary N) is 1. The third-order valence-corrected chi connectivity index (χ3v) is 18.3. The Bertz CT molecular complexity index is 4230. The molecular weight excluding hydrogens is 1070 g/mol. The highest BCUT2D eigenvalue weighted by atomic mass is 15.1. The molecule has 1 unspecified atom stereocenters. The zero-order valence-electron chi connectivity index (χ0n) is 52.6. The Morgan fingerprint density at radius 2 is 0.730 bits per heavy atom. The van der Waals surface area contributed by atoms with Crippen LogP contribution in [0.2, 0.25) is 0 Å². The first-order valence-electron chi connectivity index (χ1n) is 33.0. The number of rotatable bonds is 25. The summed E-state index contributed by atoms with van der Waals surface area (Å²) in [5.41, 5.74) is 30.0. The standard InChI is InChI=1S/C86H85N3/c1-5-7-9-11-13-17-24-64-59-84(70-39-52-77(53-40-70)89(78-54-42-72(87)43-55-78)75-48-35-68(36-49-75)66-27-20-15-21-28-66)81-30-22-29-80(85(81)60-64)83-58-57-79(82-56-41-71(61-86(82)83)63(4)23-16-12-10-8-6-2)69-37-50-76(51-38-69)88(73-44-31-62(3)32-45-73)74-46-33-67(34-47-74)65-25-18-14-19-26-65/h14-15,18-22,25-61,63H,5-13,16-17,23-24,87H2,1-4H3. The zero-order valence-corrected chi connectivity index (χ0v) is 52.6. The van der Waals surface area contributed by atoms with Gasteiger partial charge in [0.05, 0.1) is 0 Å². The Labute approximate surface area is 530 Å². The predicted molar refractivity (Wildman–Crippen MR) is 386 cm³/mol. The van der Waals surface area contributed by atoms with Gasteiger partial charge in [0, 0.05) is 39.8 Å². The van der Waals surface area contributed by atoms with E-state index in [1.165, 1.54) is 171 Å². The fourth-order valence-corrected chi connectivity index (χ4v) is 13.2. The van der Waals surface area contributed by atoms with Crippen molar-refractivity contribution in [3.05, 3.63) is 284 Å². The van der Waals surface area contributed by atoms with E-state index in [-0.39, 0.29) is 0 Å². The van der Waals surface area contributed by atoms with Crippen LogP contribution in [0.3, 0.4) is 0 Å². The largest absolute Gasteiger partial charge is 0.399 e. The van der Waals surface area contributed by atoms with Crippen molar-refractivity contribution in [3.8, 4) is 55.6 Å². The minimum absolute atomic E-state index is 0.446. The third kappa shape index (κ3) is 14.0. The molecule has 0 bridgehead atoms. The van der Waals surface area contributed by atoms with Crippen molar-refractivity contribution in [2.45, 2.75) is 117 Å². The lowest BCUT2D eigenvalue weighted by Crippen LogP contribution is -2.10. The van der Waals surface area contributed by atoms with Crippen molar-refractivity contribution in [1.29, 1.82) is 0 Å². The summed E-state index contributed by atoms with van der Waals surface area (Å²) >= 11 is 0. The van der Waals surface area contributed by atoms with Crippen LogP contribution in [0, 0.1) is 6.92 Å². The van der Waals surface area contributed by atoms with Crippen LogP contribution in [0.15, 0.2) is 267 Å². The predicted octanol–water partition coefficient (Wildman–Crippen LogP) is 25.5. The van der Waals surface area contributed by atoms with Crippen molar-refractivity contribution < 1.29 is 0 Å². The molecule has 12 aromatic carbocycles. The highest BCUT2D eigenvalue weighted by Gasteiger charge is 2.20. The molecule has 2 N–H and O–H groups in total. The normalized spacial score (nSPS) is 11.7. The van der Waals surface area contributed by atoms with Crippen molar-refractivity contribution in [2.24, 2.45) is 0 Å². The second-order valence-corrected chi connectivity index (χ2v) is 24.6. The summed E-state index contributed by atoms with van der Waals surface area (Å²) < 4.78 is 0. The first-order valence-corrected chi connectivity index (χ1v) is 33.0. The van der Waals surface area contributed by atoms with Gasteiger partial charge in [0.15, 0.2) is 0 Å². The van der Waals surface area contributed by atoms with Crippen molar-refractivity contribution in [2.75, 3.05) is 15.5 Å². The quantitative estimate of drug-likeness (QED) is 0.0457. The number of aryl methyl sites for hydroxylation is 2. The van der Waals surface area contributed by atoms with Gasteiger partial charge in [0.2, 0.25) is 0 Å². The molecule has 0 aliphatic rings. The summed E-state index contributed by atoms with van der Waals surface area (Å²) in [5.74, 6) is 0.446. The van der Waals surface area contributed by atoms with Crippen LogP contribution in [-0.2, 0) is 6.42 Å². The molecule has 0 saturated carbocycles. The van der Waals surface area contributed by atoms with Gasteiger partial charge in [-0.15, -0.1) is 0 Å². The van der Waals surface area contributed by atoms with Crippen molar-refractivity contribution in [1.82, 2.24) is 0 Å². The lowest BCUT2D eigenvalue weighted by molar-refractivity contribution is 0.567. The van der Waals surface area contributed by atoms with Crippen LogP contribution in [0.5, 0.6) is 0 Å². The maximum Gasteiger partial charge on any atom is 0.0463 e. The number of hydrogen-bond donors (Lipinski definition) is 1. The summed E-state index contributed by atoms with van der Waals surface area (Å²) in [7, 11) is 0. The Balaban J connectivity index is 0.945. The fourth-order valence-electron chi connectivity index (χ4n) is 13.2. The number of anilines is 7. The first-order chi connectivity index (χ1) is 43.8. The van der Waals surface area contributed by atoms with Gasteiger partial charge in [-0.05, 0) is 205 Å². The van der Waals surface area contributed by atoms with E-state index in [1.54, 1.807) is 0 Å². The summed E-state index contributed by atoms with van der Waals surface area (Å²) in [5, 5.41) is 5.15. The molecule has 0 fully saturated rings. The zero-order chi connectivity index (χ0) is 60.9. The molecule has 0 heterocycles. The molecule has 3 heteroatoms. The highest BCUT2D eigenvalue weighted by Crippen LogP contribution is 2.45. The first kappa shape index (κ1) is 59.9. The molecule has 0 radical (unpaired) electrons. The van der Waals surface area contributed by atoms with Gasteiger partial charge in [-0.2, -0.15) is 0 Å². The molecular formula is C86H85N3. The smallest absolute Gasteiger partial charge is 0.0463 e. The van der Waals surface area contributed by atoms with Crippen LogP contribution >= 0.6 is 0 Å². The van der Waals surface area contributed by atoms with Gasteiger partial charge < -0.3 is 15.5 Å². The molecule has 0 amide bonds. The van der Waals surface area contributed by atoms with Crippen LogP contribution < -0.4 is 15.5 Å². The second-order valence-electron chi connectivity index (χ2n) is 24.6. The van der Waals surface area contributed by atoms with E-state index in [0.29, 0.717) is 5.92 Å². The Kier molecular flexibility index (Phi) is 19.2. The van der Waals surface area contributed by atoms with Crippen LogP contribution in [0.1, 0.15) is 120 Å². The molecule has 0 aromatic heterocycles. The Hall–Kier alpha value is -9.44. The van der Waals surface area contributed by atoms with E-state index in [1.807, 2.05) is 12.1 Å². The minimum atomic E-state index is 0.446. The topological polar surface area (TPSA) is 32.5 Å². The molecule has 89 heavy (non-hydrogen) atoms. The lowest BCUT2D eigenvalue weighted by Gasteiger charge is -2.26. The summed E-state index contributed by atoms with van der Waals surface area (Å²) in [4.78, 5) is 4.71. The molecule has 0 aliphatic carbocycles. The second kappa shape index (κ2) is 28.6. The van der Waals surface area contributed by atoms with Crippen LogP contribution in [-0.4, -0.2) is 0 Å². The van der Waals surface area contributed by atoms with Gasteiger partial charge in [-0.1, -0.05) is 273 Å². The number of hydrogen-bond acceptors (Lipinski definition) is 3. The average Bonchev–Trinajstić information content (AvgIpc) is 0.940. The summed E-state index contributed by atoms with van der Waals surface area (Å²) in [6.45, 7) is 9.21. The highest BCUT2D eigenvalue weighted by molar-refractivity contribution is 6.12. The number of fused-ring (bicyclic) bond motifs is 2. The molecule has 0 aliphatic heterocycles. The van der Waals surface area contributed by atoms with Gasteiger partial charge in [0.1, 0.15) is 0 Å². The van der Waals surface area contributed by atoms with E-state index in [9.17, 15) is 0 Å². The summed E-state index contributed by atoms with van der Waals surface area (Å²) in [6.07, 6.45) is 16.3. The molecule has 444 valence electrons. The average molecular weight is 1160 g/mol. The van der Waals surface area contributed by atoms with E-state index >= 15 is 0 Å².